The molecule has 0 radical (unpaired) electrons. The quantitative estimate of drug-likeness (QED) is 0.451. The van der Waals surface area contributed by atoms with E-state index in [9.17, 15) is 13.2 Å². The van der Waals surface area contributed by atoms with Crippen LogP contribution >= 0.6 is 23.2 Å². The molecule has 0 saturated heterocycles. The molecule has 0 saturated carbocycles. The average molecular weight is 475 g/mol. The first-order valence-electron chi connectivity index (χ1n) is 9.28. The third-order valence-electron chi connectivity index (χ3n) is 3.97. The SMILES string of the molecule is COCCCNS(=O)(=O)c1ccc(NC(=O)CCCOc2ccc(Cl)cc2Cl)cc1. The highest BCUT2D eigenvalue weighted by Gasteiger charge is 2.13. The Morgan fingerprint density at radius 3 is 2.43 bits per heavy atom. The summed E-state index contributed by atoms with van der Waals surface area (Å²) in [6.07, 6.45) is 1.31. The van der Waals surface area contributed by atoms with Gasteiger partial charge in [-0.25, -0.2) is 13.1 Å². The maximum absolute atomic E-state index is 12.2. The van der Waals surface area contributed by atoms with E-state index in [2.05, 4.69) is 10.0 Å². The zero-order chi connectivity index (χ0) is 22.0. The molecule has 2 aromatic rings. The minimum Gasteiger partial charge on any atom is -0.492 e. The molecule has 0 unspecified atom stereocenters. The summed E-state index contributed by atoms with van der Waals surface area (Å²) in [7, 11) is -2.03. The normalized spacial score (nSPS) is 11.3. The van der Waals surface area contributed by atoms with Crippen LogP contribution in [-0.2, 0) is 19.6 Å². The number of hydrogen-bond donors (Lipinski definition) is 2. The Morgan fingerprint density at radius 1 is 1.03 bits per heavy atom. The number of ether oxygens (including phenoxy) is 2. The van der Waals surface area contributed by atoms with Gasteiger partial charge in [0.25, 0.3) is 0 Å². The Labute approximate surface area is 186 Å². The maximum atomic E-state index is 12.2. The van der Waals surface area contributed by atoms with Crippen LogP contribution in [0.4, 0.5) is 5.69 Å². The number of nitrogens with one attached hydrogen (secondary N) is 2. The molecule has 0 aliphatic heterocycles. The molecule has 2 rings (SSSR count). The molecule has 0 fully saturated rings. The molecule has 7 nitrogen and oxygen atoms in total. The molecular weight excluding hydrogens is 451 g/mol. The Kier molecular flexibility index (Phi) is 9.87. The number of carbonyl (C=O) groups is 1. The van der Waals surface area contributed by atoms with E-state index in [-0.39, 0.29) is 23.8 Å². The van der Waals surface area contributed by atoms with Gasteiger partial charge in [0.15, 0.2) is 0 Å². The van der Waals surface area contributed by atoms with Gasteiger partial charge in [-0.05, 0) is 55.3 Å². The van der Waals surface area contributed by atoms with Gasteiger partial charge in [-0.2, -0.15) is 0 Å². The van der Waals surface area contributed by atoms with E-state index < -0.39 is 10.0 Å². The molecule has 0 atom stereocenters. The number of rotatable bonds is 12. The zero-order valence-electron chi connectivity index (χ0n) is 16.5. The van der Waals surface area contributed by atoms with Crippen molar-refractivity contribution >= 4 is 44.8 Å². The third kappa shape index (κ3) is 8.12. The van der Waals surface area contributed by atoms with Crippen molar-refractivity contribution in [3.63, 3.8) is 0 Å². The first-order chi connectivity index (χ1) is 14.3. The number of hydrogen-bond acceptors (Lipinski definition) is 5. The standard InChI is InChI=1S/C20H24Cl2N2O5S/c1-28-12-3-11-23-30(26,27)17-8-6-16(7-9-17)24-20(25)4-2-13-29-19-10-5-15(21)14-18(19)22/h5-10,14,23H,2-4,11-13H2,1H3,(H,24,25). The van der Waals surface area contributed by atoms with Gasteiger partial charge in [0.05, 0.1) is 16.5 Å². The van der Waals surface area contributed by atoms with Gasteiger partial charge in [0.2, 0.25) is 15.9 Å². The highest BCUT2D eigenvalue weighted by molar-refractivity contribution is 7.89. The van der Waals surface area contributed by atoms with Crippen LogP contribution in [0.1, 0.15) is 19.3 Å². The summed E-state index contributed by atoms with van der Waals surface area (Å²) >= 11 is 11.9. The van der Waals surface area contributed by atoms with Crippen molar-refractivity contribution in [3.8, 4) is 5.75 Å². The van der Waals surface area contributed by atoms with Gasteiger partial charge >= 0.3 is 0 Å². The lowest BCUT2D eigenvalue weighted by Gasteiger charge is -2.10. The molecule has 0 aliphatic carbocycles. The minimum atomic E-state index is -3.59. The highest BCUT2D eigenvalue weighted by atomic mass is 35.5. The number of amides is 1. The van der Waals surface area contributed by atoms with Crippen molar-refractivity contribution in [2.45, 2.75) is 24.2 Å². The first kappa shape index (κ1) is 24.4. The van der Waals surface area contributed by atoms with Gasteiger partial charge in [-0.3, -0.25) is 4.79 Å². The monoisotopic (exact) mass is 474 g/mol. The lowest BCUT2D eigenvalue weighted by molar-refractivity contribution is -0.116. The van der Waals surface area contributed by atoms with E-state index in [1.54, 1.807) is 37.4 Å². The fourth-order valence-electron chi connectivity index (χ4n) is 2.45. The van der Waals surface area contributed by atoms with E-state index in [1.165, 1.54) is 12.1 Å². The Hall–Kier alpha value is -1.84. The zero-order valence-corrected chi connectivity index (χ0v) is 18.8. The van der Waals surface area contributed by atoms with Crippen molar-refractivity contribution in [2.75, 3.05) is 32.2 Å². The summed E-state index contributed by atoms with van der Waals surface area (Å²) in [6, 6.07) is 10.9. The second kappa shape index (κ2) is 12.1. The summed E-state index contributed by atoms with van der Waals surface area (Å²) < 4.78 is 37.3. The van der Waals surface area contributed by atoms with Crippen molar-refractivity contribution in [1.29, 1.82) is 0 Å². The predicted octanol–water partition coefficient (Wildman–Crippen LogP) is 4.11. The van der Waals surface area contributed by atoms with Crippen LogP contribution in [0.15, 0.2) is 47.4 Å². The predicted molar refractivity (Wildman–Crippen MR) is 118 cm³/mol. The molecule has 0 aromatic heterocycles. The maximum Gasteiger partial charge on any atom is 0.240 e. The summed E-state index contributed by atoms with van der Waals surface area (Å²) in [5.74, 6) is 0.309. The molecule has 2 N–H and O–H groups in total. The fraction of sp³-hybridized carbons (Fsp3) is 0.350. The van der Waals surface area contributed by atoms with E-state index in [0.29, 0.717) is 47.5 Å². The smallest absolute Gasteiger partial charge is 0.240 e. The van der Waals surface area contributed by atoms with Crippen LogP contribution in [-0.4, -0.2) is 41.2 Å². The number of anilines is 1. The number of carbonyl (C=O) groups excluding carboxylic acids is 1. The molecule has 1 amide bonds. The third-order valence-corrected chi connectivity index (χ3v) is 5.97. The topological polar surface area (TPSA) is 93.7 Å². The van der Waals surface area contributed by atoms with Crippen LogP contribution < -0.4 is 14.8 Å². The summed E-state index contributed by atoms with van der Waals surface area (Å²) in [5.41, 5.74) is 0.514. The van der Waals surface area contributed by atoms with Crippen molar-refractivity contribution < 1.29 is 22.7 Å². The molecule has 30 heavy (non-hydrogen) atoms. The van der Waals surface area contributed by atoms with Crippen molar-refractivity contribution in [2.24, 2.45) is 0 Å². The van der Waals surface area contributed by atoms with Crippen molar-refractivity contribution in [3.05, 3.63) is 52.5 Å². The minimum absolute atomic E-state index is 0.131. The van der Waals surface area contributed by atoms with E-state index in [0.717, 1.165) is 0 Å². The summed E-state index contributed by atoms with van der Waals surface area (Å²) in [5, 5.41) is 3.66. The Bertz CT molecular complexity index is 937. The average Bonchev–Trinajstić information content (AvgIpc) is 2.70. The molecule has 0 bridgehead atoms. The van der Waals surface area contributed by atoms with Crippen LogP contribution in [0.5, 0.6) is 5.75 Å². The van der Waals surface area contributed by atoms with Crippen LogP contribution in [0.3, 0.4) is 0 Å². The molecule has 0 spiro atoms. The number of benzene rings is 2. The molecule has 0 heterocycles. The summed E-state index contributed by atoms with van der Waals surface area (Å²) in [6.45, 7) is 1.09. The van der Waals surface area contributed by atoms with Crippen LogP contribution in [0.25, 0.3) is 0 Å². The Balaban J connectivity index is 1.76. The van der Waals surface area contributed by atoms with Gasteiger partial charge in [0, 0.05) is 37.4 Å². The summed E-state index contributed by atoms with van der Waals surface area (Å²) in [4.78, 5) is 12.2. The van der Waals surface area contributed by atoms with E-state index in [4.69, 9.17) is 32.7 Å². The fourth-order valence-corrected chi connectivity index (χ4v) is 3.99. The van der Waals surface area contributed by atoms with Crippen molar-refractivity contribution in [1.82, 2.24) is 4.72 Å². The van der Waals surface area contributed by atoms with Gasteiger partial charge in [0.1, 0.15) is 5.75 Å². The van der Waals surface area contributed by atoms with Crippen LogP contribution in [0, 0.1) is 0 Å². The number of sulfonamides is 1. The second-order valence-electron chi connectivity index (χ2n) is 6.34. The lowest BCUT2D eigenvalue weighted by atomic mass is 10.2. The van der Waals surface area contributed by atoms with Crippen LogP contribution in [0.2, 0.25) is 10.0 Å². The Morgan fingerprint density at radius 2 is 1.77 bits per heavy atom. The molecule has 164 valence electrons. The molecule has 10 heteroatoms. The lowest BCUT2D eigenvalue weighted by Crippen LogP contribution is -2.25. The molecule has 2 aromatic carbocycles. The van der Waals surface area contributed by atoms with E-state index in [1.807, 2.05) is 0 Å². The highest BCUT2D eigenvalue weighted by Crippen LogP contribution is 2.27. The van der Waals surface area contributed by atoms with Gasteiger partial charge < -0.3 is 14.8 Å². The first-order valence-corrected chi connectivity index (χ1v) is 11.5. The van der Waals surface area contributed by atoms with Gasteiger partial charge in [-0.15, -0.1) is 0 Å². The molecular formula is C20H24Cl2N2O5S. The van der Waals surface area contributed by atoms with Gasteiger partial charge in [-0.1, -0.05) is 23.2 Å². The second-order valence-corrected chi connectivity index (χ2v) is 8.95. The number of methoxy groups -OCH3 is 1. The number of halogens is 2. The largest absolute Gasteiger partial charge is 0.492 e. The van der Waals surface area contributed by atoms with E-state index >= 15 is 0 Å². The molecule has 0 aliphatic rings.